The van der Waals surface area contributed by atoms with Crippen LogP contribution < -0.4 is 4.90 Å². The number of imide groups is 1. The lowest BCUT2D eigenvalue weighted by atomic mass is 10.1. The fourth-order valence-electron chi connectivity index (χ4n) is 3.53. The van der Waals surface area contributed by atoms with E-state index in [-0.39, 0.29) is 24.2 Å². The van der Waals surface area contributed by atoms with Crippen molar-refractivity contribution in [3.8, 4) is 0 Å². The van der Waals surface area contributed by atoms with Crippen LogP contribution in [0.25, 0.3) is 0 Å². The van der Waals surface area contributed by atoms with E-state index in [2.05, 4.69) is 22.6 Å². The number of hydrogen-bond acceptors (Lipinski definition) is 6. The topological polar surface area (TPSA) is 114 Å². The highest BCUT2D eigenvalue weighted by molar-refractivity contribution is 14.1. The molecule has 1 atom stereocenters. The summed E-state index contributed by atoms with van der Waals surface area (Å²) in [6, 6.07) is 14.4. The minimum absolute atomic E-state index is 0.0405. The molecule has 0 spiro atoms. The smallest absolute Gasteiger partial charge is 0.270 e. The lowest BCUT2D eigenvalue weighted by Crippen LogP contribution is -2.45. The molecule has 0 bridgehead atoms. The van der Waals surface area contributed by atoms with E-state index in [1.54, 1.807) is 36.4 Å². The van der Waals surface area contributed by atoms with Crippen LogP contribution in [-0.4, -0.2) is 33.6 Å². The SMILES string of the molecule is O=C1CC(N(Cc2ccco2)C(=O)c2cccc([N+](=O)[O-])c2)C(=O)N1c1ccc(I)cc1. The number of carbonyl (C=O) groups is 3. The maximum atomic E-state index is 13.4. The van der Waals surface area contributed by atoms with Crippen molar-refractivity contribution in [1.82, 2.24) is 4.90 Å². The number of non-ortho nitro benzene ring substituents is 1. The van der Waals surface area contributed by atoms with Gasteiger partial charge < -0.3 is 9.32 Å². The average molecular weight is 545 g/mol. The standard InChI is InChI=1S/C22H16IN3O6/c23-15-6-8-16(9-7-15)25-20(27)12-19(22(25)29)24(13-18-5-2-10-32-18)21(28)14-3-1-4-17(11-14)26(30)31/h1-11,19H,12-13H2. The molecule has 1 aliphatic heterocycles. The van der Waals surface area contributed by atoms with E-state index in [1.165, 1.54) is 29.4 Å². The molecule has 1 unspecified atom stereocenters. The van der Waals surface area contributed by atoms with Crippen LogP contribution in [0.4, 0.5) is 11.4 Å². The Balaban J connectivity index is 1.69. The average Bonchev–Trinajstić information content (AvgIpc) is 3.40. The third-order valence-corrected chi connectivity index (χ3v) is 5.77. The minimum atomic E-state index is -1.07. The fraction of sp³-hybridized carbons (Fsp3) is 0.136. The highest BCUT2D eigenvalue weighted by Crippen LogP contribution is 2.29. The normalized spacial score (nSPS) is 15.8. The molecular formula is C22H16IN3O6. The maximum absolute atomic E-state index is 13.4. The van der Waals surface area contributed by atoms with Crippen LogP contribution in [0.1, 0.15) is 22.5 Å². The van der Waals surface area contributed by atoms with Gasteiger partial charge in [0.2, 0.25) is 5.91 Å². The quantitative estimate of drug-likeness (QED) is 0.202. The third-order valence-electron chi connectivity index (χ3n) is 5.05. The zero-order valence-corrected chi connectivity index (χ0v) is 18.7. The molecule has 1 aromatic heterocycles. The van der Waals surface area contributed by atoms with Gasteiger partial charge in [0.25, 0.3) is 17.5 Å². The Morgan fingerprint density at radius 2 is 1.91 bits per heavy atom. The Labute approximate surface area is 195 Å². The number of nitrogens with zero attached hydrogens (tertiary/aromatic N) is 3. The van der Waals surface area contributed by atoms with E-state index >= 15 is 0 Å². The Bertz CT molecular complexity index is 1190. The predicted octanol–water partition coefficient (Wildman–Crippen LogP) is 3.77. The van der Waals surface area contributed by atoms with Crippen LogP contribution in [0.3, 0.4) is 0 Å². The summed E-state index contributed by atoms with van der Waals surface area (Å²) < 4.78 is 6.29. The summed E-state index contributed by atoms with van der Waals surface area (Å²) in [4.78, 5) is 52.2. The molecule has 0 radical (unpaired) electrons. The largest absolute Gasteiger partial charge is 0.467 e. The van der Waals surface area contributed by atoms with Crippen molar-refractivity contribution >= 4 is 51.7 Å². The fourth-order valence-corrected chi connectivity index (χ4v) is 3.89. The van der Waals surface area contributed by atoms with E-state index in [9.17, 15) is 24.5 Å². The van der Waals surface area contributed by atoms with Crippen molar-refractivity contribution in [2.45, 2.75) is 19.0 Å². The van der Waals surface area contributed by atoms with E-state index in [1.807, 2.05) is 0 Å². The number of amides is 3. The highest BCUT2D eigenvalue weighted by atomic mass is 127. The first-order valence-corrected chi connectivity index (χ1v) is 10.6. The minimum Gasteiger partial charge on any atom is -0.467 e. The van der Waals surface area contributed by atoms with Crippen molar-refractivity contribution in [2.75, 3.05) is 4.90 Å². The Morgan fingerprint density at radius 1 is 1.16 bits per heavy atom. The zero-order valence-electron chi connectivity index (χ0n) is 16.5. The molecule has 162 valence electrons. The molecule has 2 heterocycles. The van der Waals surface area contributed by atoms with Gasteiger partial charge in [-0.2, -0.15) is 0 Å². The summed E-state index contributed by atoms with van der Waals surface area (Å²) in [6.07, 6.45) is 1.23. The first-order chi connectivity index (χ1) is 15.3. The second-order valence-electron chi connectivity index (χ2n) is 7.08. The number of anilines is 1. The van der Waals surface area contributed by atoms with Gasteiger partial charge in [-0.1, -0.05) is 6.07 Å². The van der Waals surface area contributed by atoms with Crippen molar-refractivity contribution in [1.29, 1.82) is 0 Å². The molecule has 3 amide bonds. The predicted molar refractivity (Wildman–Crippen MR) is 122 cm³/mol. The number of nitro groups is 1. The van der Waals surface area contributed by atoms with Gasteiger partial charge in [0.1, 0.15) is 11.8 Å². The van der Waals surface area contributed by atoms with Gasteiger partial charge in [-0.3, -0.25) is 24.5 Å². The summed E-state index contributed by atoms with van der Waals surface area (Å²) in [7, 11) is 0. The van der Waals surface area contributed by atoms with Crippen LogP contribution in [0.15, 0.2) is 71.3 Å². The molecule has 0 aliphatic carbocycles. The molecule has 2 aromatic carbocycles. The zero-order chi connectivity index (χ0) is 22.8. The van der Waals surface area contributed by atoms with Crippen LogP contribution >= 0.6 is 22.6 Å². The maximum Gasteiger partial charge on any atom is 0.270 e. The van der Waals surface area contributed by atoms with Gasteiger partial charge in [0.05, 0.1) is 29.8 Å². The van der Waals surface area contributed by atoms with E-state index in [4.69, 9.17) is 4.42 Å². The number of hydrogen-bond donors (Lipinski definition) is 0. The van der Waals surface area contributed by atoms with E-state index in [0.717, 1.165) is 14.5 Å². The number of furan rings is 1. The van der Waals surface area contributed by atoms with Crippen LogP contribution in [-0.2, 0) is 16.1 Å². The lowest BCUT2D eigenvalue weighted by Gasteiger charge is -2.27. The van der Waals surface area contributed by atoms with Crippen molar-refractivity contribution in [2.24, 2.45) is 0 Å². The molecule has 1 fully saturated rings. The first kappa shape index (κ1) is 21.7. The van der Waals surface area contributed by atoms with Crippen molar-refractivity contribution < 1.29 is 23.7 Å². The monoisotopic (exact) mass is 545 g/mol. The molecule has 1 aliphatic rings. The van der Waals surface area contributed by atoms with Crippen molar-refractivity contribution in [3.05, 3.63) is 91.9 Å². The van der Waals surface area contributed by atoms with E-state index in [0.29, 0.717) is 11.4 Å². The number of benzene rings is 2. The van der Waals surface area contributed by atoms with Crippen LogP contribution in [0.2, 0.25) is 0 Å². The van der Waals surface area contributed by atoms with Gasteiger partial charge in [0.15, 0.2) is 0 Å². The number of carbonyl (C=O) groups excluding carboxylic acids is 3. The molecule has 32 heavy (non-hydrogen) atoms. The number of rotatable bonds is 6. The Hall–Kier alpha value is -3.54. The molecule has 9 nitrogen and oxygen atoms in total. The van der Waals surface area contributed by atoms with Gasteiger partial charge >= 0.3 is 0 Å². The van der Waals surface area contributed by atoms with Gasteiger partial charge in [-0.15, -0.1) is 0 Å². The molecule has 4 rings (SSSR count). The summed E-state index contributed by atoms with van der Waals surface area (Å²) in [5, 5.41) is 11.1. The van der Waals surface area contributed by atoms with Crippen LogP contribution in [0, 0.1) is 13.7 Å². The van der Waals surface area contributed by atoms with Crippen molar-refractivity contribution in [3.63, 3.8) is 0 Å². The molecule has 10 heteroatoms. The molecule has 0 saturated carbocycles. The first-order valence-electron chi connectivity index (χ1n) is 9.55. The molecule has 3 aromatic rings. The second kappa shape index (κ2) is 8.91. The summed E-state index contributed by atoms with van der Waals surface area (Å²) in [5.74, 6) is -1.17. The highest BCUT2D eigenvalue weighted by Gasteiger charge is 2.44. The van der Waals surface area contributed by atoms with Gasteiger partial charge in [-0.05, 0) is 65.1 Å². The summed E-state index contributed by atoms with van der Waals surface area (Å²) in [6.45, 7) is -0.0707. The van der Waals surface area contributed by atoms with Crippen LogP contribution in [0.5, 0.6) is 0 Å². The van der Waals surface area contributed by atoms with E-state index < -0.39 is 28.7 Å². The number of halogens is 1. The Kier molecular flexibility index (Phi) is 6.04. The van der Waals surface area contributed by atoms with Gasteiger partial charge in [0, 0.05) is 21.3 Å². The summed E-state index contributed by atoms with van der Waals surface area (Å²) >= 11 is 2.12. The van der Waals surface area contributed by atoms with Gasteiger partial charge in [-0.25, -0.2) is 4.90 Å². The molecular weight excluding hydrogens is 529 g/mol. The Morgan fingerprint density at radius 3 is 2.56 bits per heavy atom. The molecule has 0 N–H and O–H groups in total. The third kappa shape index (κ3) is 4.26. The lowest BCUT2D eigenvalue weighted by molar-refractivity contribution is -0.384. The second-order valence-corrected chi connectivity index (χ2v) is 8.33. The summed E-state index contributed by atoms with van der Waals surface area (Å²) in [5.41, 5.74) is 0.213. The number of nitro benzene ring substituents is 1. The molecule has 1 saturated heterocycles.